The van der Waals surface area contributed by atoms with Gasteiger partial charge >= 0.3 is 0 Å². The van der Waals surface area contributed by atoms with E-state index in [2.05, 4.69) is 69.1 Å². The smallest absolute Gasteiger partial charge is 0.0739 e. The normalized spacial score (nSPS) is 17.8. The van der Waals surface area contributed by atoms with Crippen molar-refractivity contribution in [3.63, 3.8) is 0 Å². The van der Waals surface area contributed by atoms with Crippen LogP contribution in [0.5, 0.6) is 0 Å². The summed E-state index contributed by atoms with van der Waals surface area (Å²) in [6, 6.07) is 9.38. The van der Waals surface area contributed by atoms with E-state index in [0.29, 0.717) is 6.04 Å². The van der Waals surface area contributed by atoms with Crippen molar-refractivity contribution in [1.29, 1.82) is 0 Å². The third-order valence-corrected chi connectivity index (χ3v) is 5.39. The second-order valence-corrected chi connectivity index (χ2v) is 6.54. The number of benzene rings is 1. The van der Waals surface area contributed by atoms with E-state index >= 15 is 0 Å². The fraction of sp³-hybridized carbons (Fsp3) is 0.471. The summed E-state index contributed by atoms with van der Waals surface area (Å²) in [6.07, 6.45) is 3.53. The van der Waals surface area contributed by atoms with Gasteiger partial charge in [0, 0.05) is 19.1 Å². The molecule has 2 aromatic rings. The summed E-state index contributed by atoms with van der Waals surface area (Å²) in [6.45, 7) is 5.98. The minimum absolute atomic E-state index is 0.562. The zero-order chi connectivity index (χ0) is 14.8. The maximum Gasteiger partial charge on any atom is 0.0739 e. The summed E-state index contributed by atoms with van der Waals surface area (Å²) in [7, 11) is 0. The molecule has 1 atom stereocenters. The molecule has 3 rings (SSSR count). The molecule has 1 aromatic carbocycles. The molecule has 1 aliphatic carbocycles. The molecule has 0 saturated carbocycles. The van der Waals surface area contributed by atoms with E-state index in [1.165, 1.54) is 29.7 Å². The quantitative estimate of drug-likeness (QED) is 0.915. The van der Waals surface area contributed by atoms with E-state index < -0.39 is 0 Å². The number of hydrogen-bond acceptors (Lipinski definition) is 2. The maximum atomic E-state index is 4.56. The van der Waals surface area contributed by atoms with Gasteiger partial charge in [0.15, 0.2) is 0 Å². The Morgan fingerprint density at radius 2 is 2.10 bits per heavy atom. The fourth-order valence-electron chi connectivity index (χ4n) is 3.15. The molecule has 1 N–H and O–H groups in total. The Labute approximate surface area is 134 Å². The molecule has 3 nitrogen and oxygen atoms in total. The number of aromatic nitrogens is 2. The molecule has 4 heteroatoms. The van der Waals surface area contributed by atoms with Crippen LogP contribution in [-0.4, -0.2) is 15.8 Å². The molecule has 0 saturated heterocycles. The highest BCUT2D eigenvalue weighted by Crippen LogP contribution is 2.23. The van der Waals surface area contributed by atoms with Crippen molar-refractivity contribution >= 4 is 15.9 Å². The first-order valence-corrected chi connectivity index (χ1v) is 8.50. The number of nitrogens with one attached hydrogen (secondary N) is 1. The highest BCUT2D eigenvalue weighted by Gasteiger charge is 2.19. The number of nitrogens with zero attached hydrogens (tertiary/aromatic N) is 2. The van der Waals surface area contributed by atoms with Crippen LogP contribution in [0.1, 0.15) is 35.9 Å². The monoisotopic (exact) mass is 347 g/mol. The van der Waals surface area contributed by atoms with Crippen LogP contribution in [0.2, 0.25) is 0 Å². The lowest BCUT2D eigenvalue weighted by Crippen LogP contribution is -2.34. The third-order valence-electron chi connectivity index (χ3n) is 4.36. The van der Waals surface area contributed by atoms with E-state index in [1.807, 2.05) is 0 Å². The van der Waals surface area contributed by atoms with Gasteiger partial charge in [-0.15, -0.1) is 0 Å². The van der Waals surface area contributed by atoms with Crippen LogP contribution in [0, 0.1) is 6.92 Å². The number of aryl methyl sites for hydroxylation is 3. The van der Waals surface area contributed by atoms with Crippen LogP contribution in [-0.2, 0) is 25.9 Å². The molecular formula is C17H22BrN3. The molecular weight excluding hydrogens is 326 g/mol. The van der Waals surface area contributed by atoms with Crippen molar-refractivity contribution in [3.05, 3.63) is 51.3 Å². The lowest BCUT2D eigenvalue weighted by Gasteiger charge is -2.25. The van der Waals surface area contributed by atoms with Gasteiger partial charge in [-0.3, -0.25) is 4.68 Å². The molecule has 1 aromatic heterocycles. The summed E-state index contributed by atoms with van der Waals surface area (Å²) in [4.78, 5) is 0. The van der Waals surface area contributed by atoms with Crippen molar-refractivity contribution in [2.75, 3.05) is 0 Å². The van der Waals surface area contributed by atoms with Gasteiger partial charge in [0.05, 0.1) is 15.9 Å². The average Bonchev–Trinajstić information content (AvgIpc) is 2.79. The first-order chi connectivity index (χ1) is 10.2. The Hall–Kier alpha value is -1.13. The molecule has 0 fully saturated rings. The number of halogens is 1. The maximum absolute atomic E-state index is 4.56. The zero-order valence-electron chi connectivity index (χ0n) is 12.7. The van der Waals surface area contributed by atoms with E-state index in [9.17, 15) is 0 Å². The van der Waals surface area contributed by atoms with Gasteiger partial charge in [-0.05, 0) is 60.2 Å². The Balaban J connectivity index is 1.67. The van der Waals surface area contributed by atoms with Gasteiger partial charge in [-0.2, -0.15) is 5.10 Å². The Kier molecular flexibility index (Phi) is 4.45. The first kappa shape index (κ1) is 14.8. The highest BCUT2D eigenvalue weighted by atomic mass is 79.9. The summed E-state index contributed by atoms with van der Waals surface area (Å²) >= 11 is 3.67. The van der Waals surface area contributed by atoms with Crippen molar-refractivity contribution < 1.29 is 0 Å². The van der Waals surface area contributed by atoms with Crippen molar-refractivity contribution in [1.82, 2.24) is 15.1 Å². The zero-order valence-corrected chi connectivity index (χ0v) is 14.3. The average molecular weight is 348 g/mol. The molecule has 1 unspecified atom stereocenters. The lowest BCUT2D eigenvalue weighted by molar-refractivity contribution is 0.444. The minimum Gasteiger partial charge on any atom is -0.308 e. The predicted octanol–water partition coefficient (Wildman–Crippen LogP) is 3.62. The summed E-state index contributed by atoms with van der Waals surface area (Å²) in [5.41, 5.74) is 5.35. The van der Waals surface area contributed by atoms with Crippen LogP contribution in [0.25, 0.3) is 0 Å². The van der Waals surface area contributed by atoms with Gasteiger partial charge in [0.2, 0.25) is 0 Å². The molecule has 0 spiro atoms. The van der Waals surface area contributed by atoms with Crippen molar-refractivity contribution in [3.8, 4) is 0 Å². The van der Waals surface area contributed by atoms with Crippen LogP contribution in [0.15, 0.2) is 28.7 Å². The largest absolute Gasteiger partial charge is 0.308 e. The molecule has 112 valence electrons. The molecule has 0 bridgehead atoms. The Morgan fingerprint density at radius 3 is 2.86 bits per heavy atom. The third kappa shape index (κ3) is 3.06. The summed E-state index contributed by atoms with van der Waals surface area (Å²) < 4.78 is 3.23. The lowest BCUT2D eigenvalue weighted by atomic mass is 9.88. The highest BCUT2D eigenvalue weighted by molar-refractivity contribution is 9.10. The van der Waals surface area contributed by atoms with Crippen molar-refractivity contribution in [2.24, 2.45) is 0 Å². The Bertz CT molecular complexity index is 633. The number of rotatable bonds is 4. The van der Waals surface area contributed by atoms with Crippen molar-refractivity contribution in [2.45, 2.75) is 52.2 Å². The summed E-state index contributed by atoms with van der Waals surface area (Å²) in [5, 5.41) is 8.27. The molecule has 21 heavy (non-hydrogen) atoms. The Morgan fingerprint density at radius 1 is 1.33 bits per heavy atom. The number of fused-ring (bicyclic) bond motifs is 1. The van der Waals surface area contributed by atoms with Gasteiger partial charge in [0.25, 0.3) is 0 Å². The molecule has 1 aliphatic rings. The van der Waals surface area contributed by atoms with E-state index in [0.717, 1.165) is 29.7 Å². The van der Waals surface area contributed by atoms with Gasteiger partial charge in [-0.25, -0.2) is 0 Å². The second-order valence-electron chi connectivity index (χ2n) is 5.75. The first-order valence-electron chi connectivity index (χ1n) is 7.71. The second kappa shape index (κ2) is 6.32. The standard InChI is InChI=1S/C17H22BrN3/c1-3-21-16(17(18)12(2)20-21)11-19-15-9-8-13-6-4-5-7-14(13)10-15/h4-7,15,19H,3,8-11H2,1-2H3. The minimum atomic E-state index is 0.562. The van der Waals surface area contributed by atoms with E-state index in [1.54, 1.807) is 0 Å². The summed E-state index contributed by atoms with van der Waals surface area (Å²) in [5.74, 6) is 0. The van der Waals surface area contributed by atoms with E-state index in [4.69, 9.17) is 0 Å². The molecule has 1 heterocycles. The number of hydrogen-bond donors (Lipinski definition) is 1. The molecule has 0 amide bonds. The topological polar surface area (TPSA) is 29.9 Å². The van der Waals surface area contributed by atoms with Crippen LogP contribution in [0.4, 0.5) is 0 Å². The van der Waals surface area contributed by atoms with Gasteiger partial charge < -0.3 is 5.32 Å². The van der Waals surface area contributed by atoms with E-state index in [-0.39, 0.29) is 0 Å². The molecule has 0 aliphatic heterocycles. The van der Waals surface area contributed by atoms with Crippen LogP contribution < -0.4 is 5.32 Å². The van der Waals surface area contributed by atoms with Crippen LogP contribution in [0.3, 0.4) is 0 Å². The molecule has 0 radical (unpaired) electrons. The SMILES string of the molecule is CCn1nc(C)c(Br)c1CNC1CCc2ccccc2C1. The predicted molar refractivity (Wildman–Crippen MR) is 89.4 cm³/mol. The van der Waals surface area contributed by atoms with Crippen LogP contribution >= 0.6 is 15.9 Å². The fourth-order valence-corrected chi connectivity index (χ4v) is 3.58. The van der Waals surface area contributed by atoms with Gasteiger partial charge in [-0.1, -0.05) is 24.3 Å². The van der Waals surface area contributed by atoms with Gasteiger partial charge in [0.1, 0.15) is 0 Å².